The minimum Gasteiger partial charge on any atom is -0.367 e. The molecule has 4 aromatic heterocycles. The van der Waals surface area contributed by atoms with Crippen molar-refractivity contribution in [2.45, 2.75) is 39.0 Å². The van der Waals surface area contributed by atoms with E-state index in [1.54, 1.807) is 17.4 Å². The van der Waals surface area contributed by atoms with E-state index in [0.29, 0.717) is 17.3 Å². The summed E-state index contributed by atoms with van der Waals surface area (Å²) in [5, 5.41) is 9.45. The van der Waals surface area contributed by atoms with Crippen molar-refractivity contribution in [2.24, 2.45) is 0 Å². The van der Waals surface area contributed by atoms with E-state index in [-0.39, 0.29) is 11.4 Å². The lowest BCUT2D eigenvalue weighted by Gasteiger charge is -2.12. The lowest BCUT2D eigenvalue weighted by Crippen LogP contribution is -2.19. The van der Waals surface area contributed by atoms with Crippen LogP contribution in [0.3, 0.4) is 0 Å². The first-order chi connectivity index (χ1) is 16.3. The maximum Gasteiger partial charge on any atom is 0.324 e. The van der Waals surface area contributed by atoms with Gasteiger partial charge in [-0.05, 0) is 30.5 Å². The van der Waals surface area contributed by atoms with Gasteiger partial charge in [0.05, 0.1) is 11.4 Å². The second-order valence-electron chi connectivity index (χ2n) is 9.53. The molecule has 4 heterocycles. The summed E-state index contributed by atoms with van der Waals surface area (Å²) in [6.07, 6.45) is 8.39. The third kappa shape index (κ3) is 3.58. The maximum atomic E-state index is 12.4. The fourth-order valence-corrected chi connectivity index (χ4v) is 5.35. The Bertz CT molecular complexity index is 1510. The topological polar surface area (TPSA) is 100 Å². The molecule has 1 aliphatic carbocycles. The van der Waals surface area contributed by atoms with Gasteiger partial charge in [0.2, 0.25) is 0 Å². The molecule has 0 saturated carbocycles. The van der Waals surface area contributed by atoms with Crippen LogP contribution < -0.4 is 10.6 Å². The van der Waals surface area contributed by atoms with Crippen LogP contribution in [-0.2, 0) is 18.3 Å². The number of hydrogen-bond donors (Lipinski definition) is 3. The molecular formula is C25H24N6O2S. The highest BCUT2D eigenvalue weighted by Gasteiger charge is 2.24. The van der Waals surface area contributed by atoms with Gasteiger partial charge in [0.15, 0.2) is 10.8 Å². The highest BCUT2D eigenvalue weighted by molar-refractivity contribution is 7.17. The molecule has 0 fully saturated rings. The molecule has 6 rings (SSSR count). The summed E-state index contributed by atoms with van der Waals surface area (Å²) in [5.41, 5.74) is 6.27. The average Bonchev–Trinajstić information content (AvgIpc) is 3.56. The van der Waals surface area contributed by atoms with Crippen molar-refractivity contribution in [3.05, 3.63) is 65.1 Å². The number of rotatable bonds is 3. The SMILES string of the molecule is CC(C)(C)c1cc(NC(=O)Nc2ccc(-c3cn4c5c(sc4n3)CCc3c[nH]cc3-5)cc2)no1. The molecule has 1 aliphatic rings. The summed E-state index contributed by atoms with van der Waals surface area (Å²) in [7, 11) is 0. The second-order valence-corrected chi connectivity index (χ2v) is 10.6. The number of nitrogens with one attached hydrogen (secondary N) is 3. The van der Waals surface area contributed by atoms with E-state index in [1.165, 1.54) is 21.7 Å². The molecule has 0 radical (unpaired) electrons. The number of urea groups is 1. The highest BCUT2D eigenvalue weighted by Crippen LogP contribution is 2.39. The fourth-order valence-electron chi connectivity index (χ4n) is 4.24. The molecule has 0 aliphatic heterocycles. The Morgan fingerprint density at radius 1 is 1.15 bits per heavy atom. The molecular weight excluding hydrogens is 448 g/mol. The number of carbonyl (C=O) groups excluding carboxylic acids is 1. The van der Waals surface area contributed by atoms with Crippen molar-refractivity contribution in [1.29, 1.82) is 0 Å². The number of nitrogens with zero attached hydrogens (tertiary/aromatic N) is 3. The molecule has 34 heavy (non-hydrogen) atoms. The Hall–Kier alpha value is -3.85. The van der Waals surface area contributed by atoms with E-state index in [9.17, 15) is 4.79 Å². The number of imidazole rings is 1. The summed E-state index contributed by atoms with van der Waals surface area (Å²) in [5.74, 6) is 1.09. The number of hydrogen-bond acceptors (Lipinski definition) is 5. The Kier molecular flexibility index (Phi) is 4.63. The van der Waals surface area contributed by atoms with Crippen molar-refractivity contribution in [1.82, 2.24) is 19.5 Å². The molecule has 0 bridgehead atoms. The smallest absolute Gasteiger partial charge is 0.324 e. The molecule has 0 saturated heterocycles. The molecule has 2 amide bonds. The van der Waals surface area contributed by atoms with Gasteiger partial charge in [0.25, 0.3) is 0 Å². The maximum absolute atomic E-state index is 12.4. The molecule has 5 aromatic rings. The minimum atomic E-state index is -0.377. The van der Waals surface area contributed by atoms with Crippen molar-refractivity contribution in [2.75, 3.05) is 10.6 Å². The number of aromatic amines is 1. The number of fused-ring (bicyclic) bond motifs is 5. The van der Waals surface area contributed by atoms with E-state index >= 15 is 0 Å². The number of carbonyl (C=O) groups is 1. The van der Waals surface area contributed by atoms with Gasteiger partial charge in [-0.2, -0.15) is 0 Å². The summed E-state index contributed by atoms with van der Waals surface area (Å²) in [6.45, 7) is 6.07. The Balaban J connectivity index is 1.18. The fraction of sp³-hybridized carbons (Fsp3) is 0.240. The number of thiazole rings is 1. The Morgan fingerprint density at radius 3 is 2.74 bits per heavy atom. The van der Waals surface area contributed by atoms with Crippen molar-refractivity contribution in [3.8, 4) is 22.5 Å². The summed E-state index contributed by atoms with van der Waals surface area (Å²) in [6, 6.07) is 9.02. The van der Waals surface area contributed by atoms with Gasteiger partial charge in [-0.25, -0.2) is 9.78 Å². The van der Waals surface area contributed by atoms with E-state index in [0.717, 1.165) is 29.1 Å². The zero-order chi connectivity index (χ0) is 23.4. The van der Waals surface area contributed by atoms with Crippen LogP contribution in [0.25, 0.3) is 27.5 Å². The van der Waals surface area contributed by atoms with Crippen LogP contribution >= 0.6 is 11.3 Å². The van der Waals surface area contributed by atoms with Gasteiger partial charge < -0.3 is 14.8 Å². The van der Waals surface area contributed by atoms with Gasteiger partial charge in [-0.3, -0.25) is 9.72 Å². The molecule has 3 N–H and O–H groups in total. The second kappa shape index (κ2) is 7.59. The summed E-state index contributed by atoms with van der Waals surface area (Å²) in [4.78, 5) is 22.9. The molecule has 0 spiro atoms. The average molecular weight is 473 g/mol. The van der Waals surface area contributed by atoms with Crippen LogP contribution in [0, 0.1) is 0 Å². The third-order valence-corrected chi connectivity index (χ3v) is 7.14. The summed E-state index contributed by atoms with van der Waals surface area (Å²) < 4.78 is 7.51. The van der Waals surface area contributed by atoms with Crippen molar-refractivity contribution >= 4 is 33.8 Å². The van der Waals surface area contributed by atoms with Crippen molar-refractivity contribution < 1.29 is 9.32 Å². The zero-order valence-corrected chi connectivity index (χ0v) is 19.9. The van der Waals surface area contributed by atoms with Gasteiger partial charge in [-0.15, -0.1) is 11.3 Å². The quantitative estimate of drug-likeness (QED) is 0.296. The first-order valence-corrected chi connectivity index (χ1v) is 12.0. The number of aryl methyl sites for hydroxylation is 2. The van der Waals surface area contributed by atoms with Gasteiger partial charge >= 0.3 is 6.03 Å². The van der Waals surface area contributed by atoms with Gasteiger partial charge in [-0.1, -0.05) is 38.1 Å². The first kappa shape index (κ1) is 20.7. The lowest BCUT2D eigenvalue weighted by molar-refractivity contribution is 0.262. The molecule has 0 unspecified atom stereocenters. The molecule has 0 atom stereocenters. The standard InChI is InChI=1S/C25H24N6O2S/c1-25(2,3)20-10-21(30-33-20)29-23(32)27-16-7-4-14(5-8-16)18-13-31-22-17-12-26-11-15(17)6-9-19(22)34-24(31)28-18/h4-5,7-8,10-13,26H,6,9H2,1-3H3,(H2,27,29,30,32). The molecule has 172 valence electrons. The number of anilines is 2. The number of aromatic nitrogens is 4. The number of benzene rings is 1. The Labute approximate surface area is 200 Å². The van der Waals surface area contributed by atoms with Gasteiger partial charge in [0.1, 0.15) is 5.76 Å². The predicted molar refractivity (Wildman–Crippen MR) is 134 cm³/mol. The van der Waals surface area contributed by atoms with E-state index in [1.807, 2.05) is 45.0 Å². The predicted octanol–water partition coefficient (Wildman–Crippen LogP) is 6.09. The largest absolute Gasteiger partial charge is 0.367 e. The highest BCUT2D eigenvalue weighted by atomic mass is 32.1. The van der Waals surface area contributed by atoms with E-state index in [2.05, 4.69) is 43.8 Å². The van der Waals surface area contributed by atoms with Crippen LogP contribution in [0.5, 0.6) is 0 Å². The first-order valence-electron chi connectivity index (χ1n) is 11.2. The molecule has 9 heteroatoms. The zero-order valence-electron chi connectivity index (χ0n) is 19.1. The van der Waals surface area contributed by atoms with Crippen LogP contribution in [0.4, 0.5) is 16.3 Å². The minimum absolute atomic E-state index is 0.177. The van der Waals surface area contributed by atoms with Crippen LogP contribution in [0.15, 0.2) is 53.4 Å². The van der Waals surface area contributed by atoms with E-state index in [4.69, 9.17) is 9.51 Å². The van der Waals surface area contributed by atoms with Crippen molar-refractivity contribution in [3.63, 3.8) is 0 Å². The molecule has 1 aromatic carbocycles. The normalized spacial score (nSPS) is 13.0. The van der Waals surface area contributed by atoms with E-state index < -0.39 is 0 Å². The monoisotopic (exact) mass is 472 g/mol. The number of amides is 2. The number of H-pyrrole nitrogens is 1. The Morgan fingerprint density at radius 2 is 1.97 bits per heavy atom. The lowest BCUT2D eigenvalue weighted by atomic mass is 9.93. The van der Waals surface area contributed by atoms with Crippen LogP contribution in [-0.4, -0.2) is 25.6 Å². The molecule has 8 nitrogen and oxygen atoms in total. The van der Waals surface area contributed by atoms with Gasteiger partial charge in [0, 0.05) is 51.8 Å². The third-order valence-electron chi connectivity index (χ3n) is 6.03. The van der Waals surface area contributed by atoms with Crippen LogP contribution in [0.1, 0.15) is 37.0 Å². The van der Waals surface area contributed by atoms with Crippen LogP contribution in [0.2, 0.25) is 0 Å². The summed E-state index contributed by atoms with van der Waals surface area (Å²) >= 11 is 1.76.